The molecule has 3 nitrogen and oxygen atoms in total. The Morgan fingerprint density at radius 1 is 1.10 bits per heavy atom. The van der Waals surface area contributed by atoms with Crippen molar-refractivity contribution in [3.63, 3.8) is 0 Å². The Labute approximate surface area is 120 Å². The summed E-state index contributed by atoms with van der Waals surface area (Å²) in [6.45, 7) is 2.23. The van der Waals surface area contributed by atoms with Crippen LogP contribution in [0.3, 0.4) is 0 Å². The highest BCUT2D eigenvalue weighted by atomic mass is 16.5. The molecule has 0 aliphatic carbocycles. The minimum Gasteiger partial charge on any atom is -0.496 e. The van der Waals surface area contributed by atoms with Crippen LogP contribution in [0.2, 0.25) is 0 Å². The second-order valence-corrected chi connectivity index (χ2v) is 4.92. The van der Waals surface area contributed by atoms with E-state index in [1.54, 1.807) is 7.11 Å². The first-order valence-electron chi connectivity index (χ1n) is 6.81. The normalized spacial score (nSPS) is 11.9. The maximum absolute atomic E-state index is 9.03. The Morgan fingerprint density at radius 3 is 2.45 bits per heavy atom. The molecule has 2 rings (SSSR count). The highest BCUT2D eigenvalue weighted by Crippen LogP contribution is 2.20. The van der Waals surface area contributed by atoms with Crippen molar-refractivity contribution in [3.8, 4) is 5.75 Å². The number of rotatable bonds is 6. The summed E-state index contributed by atoms with van der Waals surface area (Å²) in [6.07, 6.45) is 0.895. The van der Waals surface area contributed by atoms with E-state index in [2.05, 4.69) is 18.3 Å². The van der Waals surface area contributed by atoms with Crippen molar-refractivity contribution >= 4 is 5.69 Å². The van der Waals surface area contributed by atoms with Crippen molar-refractivity contribution in [3.05, 3.63) is 59.7 Å². The van der Waals surface area contributed by atoms with Crippen molar-refractivity contribution in [1.29, 1.82) is 0 Å². The van der Waals surface area contributed by atoms with E-state index in [0.717, 1.165) is 23.4 Å². The van der Waals surface area contributed by atoms with Gasteiger partial charge in [-0.05, 0) is 42.7 Å². The summed E-state index contributed by atoms with van der Waals surface area (Å²) in [6, 6.07) is 16.2. The lowest BCUT2D eigenvalue weighted by Gasteiger charge is -2.17. The van der Waals surface area contributed by atoms with Crippen LogP contribution >= 0.6 is 0 Å². The summed E-state index contributed by atoms with van der Waals surface area (Å²) in [5, 5.41) is 12.5. The molecule has 2 N–H and O–H groups in total. The number of ether oxygens (including phenoxy) is 1. The number of para-hydroxylation sites is 1. The van der Waals surface area contributed by atoms with Crippen molar-refractivity contribution in [2.75, 3.05) is 12.4 Å². The topological polar surface area (TPSA) is 41.5 Å². The summed E-state index contributed by atoms with van der Waals surface area (Å²) in [5.74, 6) is 0.928. The van der Waals surface area contributed by atoms with Gasteiger partial charge in [-0.2, -0.15) is 0 Å². The van der Waals surface area contributed by atoms with Crippen LogP contribution < -0.4 is 10.1 Å². The molecule has 20 heavy (non-hydrogen) atoms. The van der Waals surface area contributed by atoms with Crippen molar-refractivity contribution in [1.82, 2.24) is 0 Å². The molecule has 1 unspecified atom stereocenters. The molecule has 1 atom stereocenters. The van der Waals surface area contributed by atoms with Crippen LogP contribution in [-0.4, -0.2) is 18.3 Å². The summed E-state index contributed by atoms with van der Waals surface area (Å²) >= 11 is 0. The molecular weight excluding hydrogens is 250 g/mol. The van der Waals surface area contributed by atoms with E-state index >= 15 is 0 Å². The highest BCUT2D eigenvalue weighted by Gasteiger charge is 2.07. The zero-order chi connectivity index (χ0) is 14.4. The van der Waals surface area contributed by atoms with Gasteiger partial charge < -0.3 is 15.2 Å². The fourth-order valence-corrected chi connectivity index (χ4v) is 2.24. The average molecular weight is 271 g/mol. The van der Waals surface area contributed by atoms with E-state index in [0.29, 0.717) is 6.04 Å². The van der Waals surface area contributed by atoms with Crippen LogP contribution in [-0.2, 0) is 13.0 Å². The van der Waals surface area contributed by atoms with Gasteiger partial charge in [0.05, 0.1) is 13.7 Å². The Bertz CT molecular complexity index is 537. The van der Waals surface area contributed by atoms with E-state index in [-0.39, 0.29) is 6.61 Å². The van der Waals surface area contributed by atoms with Crippen LogP contribution in [0, 0.1) is 0 Å². The number of aliphatic hydroxyl groups excluding tert-OH is 1. The zero-order valence-corrected chi connectivity index (χ0v) is 12.0. The second-order valence-electron chi connectivity index (χ2n) is 4.92. The average Bonchev–Trinajstić information content (AvgIpc) is 2.48. The number of aliphatic hydroxyl groups is 1. The molecule has 0 radical (unpaired) electrons. The second kappa shape index (κ2) is 6.96. The van der Waals surface area contributed by atoms with Gasteiger partial charge in [0.2, 0.25) is 0 Å². The van der Waals surface area contributed by atoms with Gasteiger partial charge in [-0.15, -0.1) is 0 Å². The Hall–Kier alpha value is -2.00. The van der Waals surface area contributed by atoms with Gasteiger partial charge in [0.15, 0.2) is 0 Å². The van der Waals surface area contributed by atoms with Gasteiger partial charge in [-0.1, -0.05) is 30.3 Å². The van der Waals surface area contributed by atoms with Crippen LogP contribution in [0.4, 0.5) is 5.69 Å². The lowest BCUT2D eigenvalue weighted by Crippen LogP contribution is -2.18. The largest absolute Gasteiger partial charge is 0.496 e. The van der Waals surface area contributed by atoms with Crippen molar-refractivity contribution < 1.29 is 9.84 Å². The molecule has 0 saturated carbocycles. The quantitative estimate of drug-likeness (QED) is 0.847. The molecule has 106 valence electrons. The smallest absolute Gasteiger partial charge is 0.122 e. The number of hydrogen-bond acceptors (Lipinski definition) is 3. The van der Waals surface area contributed by atoms with Crippen LogP contribution in [0.15, 0.2) is 48.5 Å². The number of anilines is 1. The van der Waals surface area contributed by atoms with E-state index in [4.69, 9.17) is 9.84 Å². The molecule has 0 aliphatic rings. The standard InChI is InChI=1S/C17H21NO2/c1-13(11-15-5-3-4-6-17(15)20-2)18-16-9-7-14(12-19)8-10-16/h3-10,13,18-19H,11-12H2,1-2H3. The van der Waals surface area contributed by atoms with Gasteiger partial charge in [0.1, 0.15) is 5.75 Å². The highest BCUT2D eigenvalue weighted by molar-refractivity contribution is 5.46. The van der Waals surface area contributed by atoms with E-state index in [9.17, 15) is 0 Å². The number of nitrogens with one attached hydrogen (secondary N) is 1. The molecule has 0 bridgehead atoms. The number of benzene rings is 2. The molecule has 0 fully saturated rings. The summed E-state index contributed by atoms with van der Waals surface area (Å²) < 4.78 is 5.37. The van der Waals surface area contributed by atoms with Crippen LogP contribution in [0.5, 0.6) is 5.75 Å². The molecular formula is C17H21NO2. The summed E-state index contributed by atoms with van der Waals surface area (Å²) in [7, 11) is 1.70. The van der Waals surface area contributed by atoms with Gasteiger partial charge in [-0.25, -0.2) is 0 Å². The zero-order valence-electron chi connectivity index (χ0n) is 12.0. The van der Waals surface area contributed by atoms with E-state index < -0.39 is 0 Å². The Balaban J connectivity index is 1.99. The Morgan fingerprint density at radius 2 is 1.80 bits per heavy atom. The SMILES string of the molecule is COc1ccccc1CC(C)Nc1ccc(CO)cc1. The minimum atomic E-state index is 0.0804. The summed E-state index contributed by atoms with van der Waals surface area (Å²) in [5.41, 5.74) is 3.18. The summed E-state index contributed by atoms with van der Waals surface area (Å²) in [4.78, 5) is 0. The first-order valence-corrected chi connectivity index (χ1v) is 6.81. The van der Waals surface area contributed by atoms with Crippen molar-refractivity contribution in [2.45, 2.75) is 26.0 Å². The number of hydrogen-bond donors (Lipinski definition) is 2. The van der Waals surface area contributed by atoms with Gasteiger partial charge in [-0.3, -0.25) is 0 Å². The molecule has 0 amide bonds. The number of methoxy groups -OCH3 is 1. The molecule has 2 aromatic carbocycles. The first-order chi connectivity index (χ1) is 9.72. The predicted molar refractivity (Wildman–Crippen MR) is 82.1 cm³/mol. The lowest BCUT2D eigenvalue weighted by molar-refractivity contribution is 0.282. The van der Waals surface area contributed by atoms with E-state index in [1.807, 2.05) is 42.5 Å². The van der Waals surface area contributed by atoms with Gasteiger partial charge >= 0.3 is 0 Å². The fourth-order valence-electron chi connectivity index (χ4n) is 2.24. The molecule has 2 aromatic rings. The predicted octanol–water partition coefficient (Wildman–Crippen LogP) is 3.23. The van der Waals surface area contributed by atoms with Crippen molar-refractivity contribution in [2.24, 2.45) is 0 Å². The van der Waals surface area contributed by atoms with Crippen LogP contribution in [0.1, 0.15) is 18.1 Å². The van der Waals surface area contributed by atoms with Gasteiger partial charge in [0.25, 0.3) is 0 Å². The first kappa shape index (κ1) is 14.4. The molecule has 0 heterocycles. The monoisotopic (exact) mass is 271 g/mol. The van der Waals surface area contributed by atoms with Gasteiger partial charge in [0, 0.05) is 11.7 Å². The third-order valence-electron chi connectivity index (χ3n) is 3.27. The minimum absolute atomic E-state index is 0.0804. The fraction of sp³-hybridized carbons (Fsp3) is 0.294. The Kier molecular flexibility index (Phi) is 5.02. The molecule has 0 saturated heterocycles. The molecule has 0 spiro atoms. The van der Waals surface area contributed by atoms with E-state index in [1.165, 1.54) is 5.56 Å². The lowest BCUT2D eigenvalue weighted by atomic mass is 10.1. The third kappa shape index (κ3) is 3.75. The maximum Gasteiger partial charge on any atom is 0.122 e. The maximum atomic E-state index is 9.03. The third-order valence-corrected chi connectivity index (χ3v) is 3.27. The molecule has 0 aromatic heterocycles. The molecule has 0 aliphatic heterocycles. The van der Waals surface area contributed by atoms with Crippen LogP contribution in [0.25, 0.3) is 0 Å². The molecule has 3 heteroatoms.